The van der Waals surface area contributed by atoms with Gasteiger partial charge in [-0.3, -0.25) is 9.80 Å². The Hall–Kier alpha value is -0.160. The predicted octanol–water partition coefficient (Wildman–Crippen LogP) is 0.000800. The third-order valence-electron chi connectivity index (χ3n) is 3.99. The van der Waals surface area contributed by atoms with Crippen molar-refractivity contribution in [2.24, 2.45) is 0 Å². The van der Waals surface area contributed by atoms with E-state index >= 15 is 0 Å². The van der Waals surface area contributed by atoms with Gasteiger partial charge in [0.05, 0.1) is 0 Å². The van der Waals surface area contributed by atoms with Crippen LogP contribution < -0.4 is 5.32 Å². The van der Waals surface area contributed by atoms with Crippen LogP contribution >= 0.6 is 0 Å². The Morgan fingerprint density at radius 2 is 1.94 bits per heavy atom. The highest BCUT2D eigenvalue weighted by Crippen LogP contribution is 2.13. The molecule has 2 fully saturated rings. The number of ether oxygens (including phenoxy) is 1. The van der Waals surface area contributed by atoms with Crippen LogP contribution in [0.5, 0.6) is 0 Å². The lowest BCUT2D eigenvalue weighted by Gasteiger charge is -2.44. The minimum absolute atomic E-state index is 0.668. The Kier molecular flexibility index (Phi) is 4.58. The molecular formula is C12H25N3O. The van der Waals surface area contributed by atoms with Crippen LogP contribution in [0, 0.1) is 0 Å². The summed E-state index contributed by atoms with van der Waals surface area (Å²) in [5, 5.41) is 3.35. The Morgan fingerprint density at radius 1 is 1.25 bits per heavy atom. The molecule has 4 heteroatoms. The van der Waals surface area contributed by atoms with Crippen molar-refractivity contribution in [3.05, 3.63) is 0 Å². The van der Waals surface area contributed by atoms with Crippen molar-refractivity contribution in [3.63, 3.8) is 0 Å². The summed E-state index contributed by atoms with van der Waals surface area (Å²) in [6, 6.07) is 1.48. The van der Waals surface area contributed by atoms with Gasteiger partial charge in [-0.2, -0.15) is 0 Å². The van der Waals surface area contributed by atoms with Crippen molar-refractivity contribution in [2.75, 3.05) is 53.0 Å². The molecule has 0 bridgehead atoms. The second-order valence-corrected chi connectivity index (χ2v) is 5.01. The van der Waals surface area contributed by atoms with Crippen LogP contribution in [0.1, 0.15) is 13.3 Å². The normalized spacial score (nSPS) is 26.6. The fraction of sp³-hybridized carbons (Fsp3) is 1.00. The summed E-state index contributed by atoms with van der Waals surface area (Å²) >= 11 is 0. The highest BCUT2D eigenvalue weighted by atomic mass is 16.5. The Labute approximate surface area is 98.9 Å². The summed E-state index contributed by atoms with van der Waals surface area (Å²) in [5.74, 6) is 0. The third kappa shape index (κ3) is 2.94. The standard InChI is InChI=1S/C12H25N3O/c1-11(3-8-16-2)14-4-6-15(7-5-14)12-9-13-10-12/h11-13H,3-10H2,1-2H3. The zero-order chi connectivity index (χ0) is 11.4. The van der Waals surface area contributed by atoms with E-state index in [1.165, 1.54) is 39.3 Å². The van der Waals surface area contributed by atoms with Crippen LogP contribution in [-0.4, -0.2) is 74.9 Å². The maximum Gasteiger partial charge on any atom is 0.0477 e. The van der Waals surface area contributed by atoms with Crippen molar-refractivity contribution in [1.29, 1.82) is 0 Å². The summed E-state index contributed by atoms with van der Waals surface area (Å²) in [7, 11) is 1.79. The molecule has 2 aliphatic heterocycles. The van der Waals surface area contributed by atoms with Crippen LogP contribution in [0.3, 0.4) is 0 Å². The molecule has 2 rings (SSSR count). The molecule has 1 atom stereocenters. The predicted molar refractivity (Wildman–Crippen MR) is 65.8 cm³/mol. The summed E-state index contributed by atoms with van der Waals surface area (Å²) in [5.41, 5.74) is 0. The molecule has 0 spiro atoms. The molecule has 1 N–H and O–H groups in total. The number of nitrogens with one attached hydrogen (secondary N) is 1. The van der Waals surface area contributed by atoms with Crippen LogP contribution in [0.4, 0.5) is 0 Å². The smallest absolute Gasteiger partial charge is 0.0477 e. The molecule has 2 aliphatic rings. The highest BCUT2D eigenvalue weighted by molar-refractivity contribution is 4.88. The van der Waals surface area contributed by atoms with Crippen LogP contribution in [0.2, 0.25) is 0 Å². The largest absolute Gasteiger partial charge is 0.385 e. The Morgan fingerprint density at radius 3 is 2.44 bits per heavy atom. The lowest BCUT2D eigenvalue weighted by Crippen LogP contribution is -2.62. The van der Waals surface area contributed by atoms with Gasteiger partial charge >= 0.3 is 0 Å². The van der Waals surface area contributed by atoms with Gasteiger partial charge in [0, 0.05) is 65.1 Å². The molecule has 0 aromatic rings. The number of hydrogen-bond donors (Lipinski definition) is 1. The molecule has 2 saturated heterocycles. The number of hydrogen-bond acceptors (Lipinski definition) is 4. The molecule has 4 nitrogen and oxygen atoms in total. The van der Waals surface area contributed by atoms with E-state index in [0.717, 1.165) is 19.1 Å². The first-order valence-corrected chi connectivity index (χ1v) is 6.49. The third-order valence-corrected chi connectivity index (χ3v) is 3.99. The van der Waals surface area contributed by atoms with Gasteiger partial charge in [0.25, 0.3) is 0 Å². The van der Waals surface area contributed by atoms with Crippen LogP contribution in [0.25, 0.3) is 0 Å². The summed E-state index contributed by atoms with van der Waals surface area (Å²) < 4.78 is 5.14. The number of piperazine rings is 1. The van der Waals surface area contributed by atoms with Crippen molar-refractivity contribution >= 4 is 0 Å². The lowest BCUT2D eigenvalue weighted by atomic mass is 10.1. The maximum atomic E-state index is 5.14. The molecule has 94 valence electrons. The second-order valence-electron chi connectivity index (χ2n) is 5.01. The first-order valence-electron chi connectivity index (χ1n) is 6.49. The van der Waals surface area contributed by atoms with E-state index < -0.39 is 0 Å². The molecule has 0 saturated carbocycles. The Balaban J connectivity index is 1.67. The van der Waals surface area contributed by atoms with Crippen LogP contribution in [0.15, 0.2) is 0 Å². The Bertz CT molecular complexity index is 200. The average Bonchev–Trinajstić information content (AvgIpc) is 2.24. The van der Waals surface area contributed by atoms with E-state index in [-0.39, 0.29) is 0 Å². The van der Waals surface area contributed by atoms with Gasteiger partial charge < -0.3 is 10.1 Å². The molecule has 0 aromatic heterocycles. The molecule has 0 radical (unpaired) electrons. The van der Waals surface area contributed by atoms with Gasteiger partial charge in [-0.15, -0.1) is 0 Å². The van der Waals surface area contributed by atoms with Gasteiger partial charge in [0.15, 0.2) is 0 Å². The zero-order valence-corrected chi connectivity index (χ0v) is 10.6. The van der Waals surface area contributed by atoms with Gasteiger partial charge in [0.1, 0.15) is 0 Å². The van der Waals surface area contributed by atoms with Gasteiger partial charge in [0.2, 0.25) is 0 Å². The molecule has 2 heterocycles. The molecule has 16 heavy (non-hydrogen) atoms. The molecule has 0 aliphatic carbocycles. The minimum atomic E-state index is 0.668. The van der Waals surface area contributed by atoms with E-state index in [4.69, 9.17) is 4.74 Å². The zero-order valence-electron chi connectivity index (χ0n) is 10.6. The topological polar surface area (TPSA) is 27.7 Å². The summed E-state index contributed by atoms with van der Waals surface area (Å²) in [6.45, 7) is 10.5. The SMILES string of the molecule is COCCC(C)N1CCN(C2CNC2)CC1. The number of methoxy groups -OCH3 is 1. The van der Waals surface area contributed by atoms with E-state index in [2.05, 4.69) is 22.0 Å². The number of rotatable bonds is 5. The fourth-order valence-electron chi connectivity index (χ4n) is 2.55. The first kappa shape index (κ1) is 12.3. The van der Waals surface area contributed by atoms with E-state index in [0.29, 0.717) is 6.04 Å². The van der Waals surface area contributed by atoms with Gasteiger partial charge in [-0.25, -0.2) is 0 Å². The molecule has 0 amide bonds. The summed E-state index contributed by atoms with van der Waals surface area (Å²) in [6.07, 6.45) is 1.15. The van der Waals surface area contributed by atoms with Gasteiger partial charge in [-0.1, -0.05) is 0 Å². The van der Waals surface area contributed by atoms with E-state index in [1.807, 2.05) is 0 Å². The first-order chi connectivity index (χ1) is 7.81. The van der Waals surface area contributed by atoms with Crippen LogP contribution in [-0.2, 0) is 4.74 Å². The average molecular weight is 227 g/mol. The summed E-state index contributed by atoms with van der Waals surface area (Å²) in [4.78, 5) is 5.23. The molecule has 1 unspecified atom stereocenters. The highest BCUT2D eigenvalue weighted by Gasteiger charge is 2.28. The molecular weight excluding hydrogens is 202 g/mol. The van der Waals surface area contributed by atoms with Crippen molar-refractivity contribution in [3.8, 4) is 0 Å². The maximum absolute atomic E-state index is 5.14. The molecule has 0 aromatic carbocycles. The monoisotopic (exact) mass is 227 g/mol. The second kappa shape index (κ2) is 5.96. The lowest BCUT2D eigenvalue weighted by molar-refractivity contribution is 0.0466. The quantitative estimate of drug-likeness (QED) is 0.715. The van der Waals surface area contributed by atoms with E-state index in [1.54, 1.807) is 7.11 Å². The minimum Gasteiger partial charge on any atom is -0.385 e. The van der Waals surface area contributed by atoms with Crippen molar-refractivity contribution in [1.82, 2.24) is 15.1 Å². The fourth-order valence-corrected chi connectivity index (χ4v) is 2.55. The van der Waals surface area contributed by atoms with Crippen molar-refractivity contribution in [2.45, 2.75) is 25.4 Å². The number of nitrogens with zero attached hydrogens (tertiary/aromatic N) is 2. The van der Waals surface area contributed by atoms with Gasteiger partial charge in [-0.05, 0) is 13.3 Å². The van der Waals surface area contributed by atoms with Crippen molar-refractivity contribution < 1.29 is 4.74 Å². The van der Waals surface area contributed by atoms with E-state index in [9.17, 15) is 0 Å².